The highest BCUT2D eigenvalue weighted by Crippen LogP contribution is 2.15. The second kappa shape index (κ2) is 7.06. The van der Waals surface area contributed by atoms with Crippen molar-refractivity contribution in [2.45, 2.75) is 52.1 Å². The Labute approximate surface area is 120 Å². The highest BCUT2D eigenvalue weighted by Gasteiger charge is 2.37. The third kappa shape index (κ3) is 4.19. The number of hydrogen-bond acceptors (Lipinski definition) is 4. The van der Waals surface area contributed by atoms with Gasteiger partial charge in [-0.05, 0) is 19.8 Å². The van der Waals surface area contributed by atoms with Crippen LogP contribution >= 0.6 is 0 Å². The molecular formula is C13H24N2O4S. The van der Waals surface area contributed by atoms with Gasteiger partial charge < -0.3 is 10.2 Å². The lowest BCUT2D eigenvalue weighted by molar-refractivity contribution is -0.149. The highest BCUT2D eigenvalue weighted by molar-refractivity contribution is 7.91. The van der Waals surface area contributed by atoms with Crippen molar-refractivity contribution < 1.29 is 18.0 Å². The lowest BCUT2D eigenvalue weighted by Crippen LogP contribution is -2.62. The molecule has 0 spiro atoms. The van der Waals surface area contributed by atoms with Crippen molar-refractivity contribution in [1.82, 2.24) is 10.2 Å². The molecule has 0 aromatic heterocycles. The zero-order chi connectivity index (χ0) is 15.3. The second-order valence-electron chi connectivity index (χ2n) is 5.16. The SMILES string of the molecule is CCCC1C(=O)NC(C)C(=O)N1CCCS(=O)(=O)CC. The highest BCUT2D eigenvalue weighted by atomic mass is 32.2. The molecule has 2 atom stereocenters. The molecule has 2 amide bonds. The van der Waals surface area contributed by atoms with Crippen molar-refractivity contribution in [3.63, 3.8) is 0 Å². The number of nitrogens with one attached hydrogen (secondary N) is 1. The molecule has 7 heteroatoms. The molecule has 0 radical (unpaired) electrons. The predicted octanol–water partition coefficient (Wildman–Crippen LogP) is 0.327. The Bertz CT molecular complexity index is 461. The molecule has 0 bridgehead atoms. The Morgan fingerprint density at radius 3 is 2.45 bits per heavy atom. The Morgan fingerprint density at radius 1 is 1.25 bits per heavy atom. The standard InChI is InChI=1S/C13H24N2O4S/c1-4-7-11-12(16)14-10(3)13(17)15(11)8-6-9-20(18,19)5-2/h10-11H,4-9H2,1-3H3,(H,14,16). The van der Waals surface area contributed by atoms with Crippen molar-refractivity contribution >= 4 is 21.7 Å². The quantitative estimate of drug-likeness (QED) is 0.734. The van der Waals surface area contributed by atoms with Gasteiger partial charge in [0, 0.05) is 12.3 Å². The summed E-state index contributed by atoms with van der Waals surface area (Å²) in [5.41, 5.74) is 0. The molecular weight excluding hydrogens is 280 g/mol. The van der Waals surface area contributed by atoms with E-state index in [0.29, 0.717) is 19.4 Å². The van der Waals surface area contributed by atoms with Crippen LogP contribution in [0.5, 0.6) is 0 Å². The summed E-state index contributed by atoms with van der Waals surface area (Å²) >= 11 is 0. The summed E-state index contributed by atoms with van der Waals surface area (Å²) in [5.74, 6) is -0.104. The maximum absolute atomic E-state index is 12.1. The monoisotopic (exact) mass is 304 g/mol. The normalized spacial score (nSPS) is 23.9. The van der Waals surface area contributed by atoms with E-state index in [9.17, 15) is 18.0 Å². The first-order valence-electron chi connectivity index (χ1n) is 7.13. The summed E-state index contributed by atoms with van der Waals surface area (Å²) < 4.78 is 23.0. The van der Waals surface area contributed by atoms with Crippen LogP contribution in [0.1, 0.15) is 40.0 Å². The van der Waals surface area contributed by atoms with Crippen molar-refractivity contribution in [3.05, 3.63) is 0 Å². The van der Waals surface area contributed by atoms with E-state index in [2.05, 4.69) is 5.32 Å². The number of rotatable bonds is 7. The van der Waals surface area contributed by atoms with Gasteiger partial charge in [-0.3, -0.25) is 9.59 Å². The summed E-state index contributed by atoms with van der Waals surface area (Å²) in [6, 6.07) is -0.994. The van der Waals surface area contributed by atoms with E-state index in [4.69, 9.17) is 0 Å². The minimum absolute atomic E-state index is 0.0577. The van der Waals surface area contributed by atoms with Crippen molar-refractivity contribution in [1.29, 1.82) is 0 Å². The summed E-state index contributed by atoms with van der Waals surface area (Å²) in [4.78, 5) is 25.6. The van der Waals surface area contributed by atoms with E-state index in [0.717, 1.165) is 6.42 Å². The Balaban J connectivity index is 2.70. The van der Waals surface area contributed by atoms with Gasteiger partial charge in [0.25, 0.3) is 0 Å². The van der Waals surface area contributed by atoms with E-state index >= 15 is 0 Å². The number of carbonyl (C=O) groups excluding carboxylic acids is 2. The van der Waals surface area contributed by atoms with Gasteiger partial charge in [-0.2, -0.15) is 0 Å². The molecule has 1 heterocycles. The van der Waals surface area contributed by atoms with Gasteiger partial charge in [-0.1, -0.05) is 20.3 Å². The summed E-state index contributed by atoms with van der Waals surface area (Å²) in [6.45, 7) is 5.53. The van der Waals surface area contributed by atoms with Gasteiger partial charge in [-0.15, -0.1) is 0 Å². The van der Waals surface area contributed by atoms with Gasteiger partial charge in [0.05, 0.1) is 5.75 Å². The van der Waals surface area contributed by atoms with Crippen LogP contribution in [0.3, 0.4) is 0 Å². The van der Waals surface area contributed by atoms with E-state index in [1.807, 2.05) is 6.92 Å². The van der Waals surface area contributed by atoms with Crippen LogP contribution < -0.4 is 5.32 Å². The molecule has 0 aromatic carbocycles. The third-order valence-corrected chi connectivity index (χ3v) is 5.34. The molecule has 1 aliphatic rings. The number of hydrogen-bond donors (Lipinski definition) is 1. The number of sulfone groups is 1. The Hall–Kier alpha value is -1.11. The van der Waals surface area contributed by atoms with Crippen molar-refractivity contribution in [2.75, 3.05) is 18.1 Å². The zero-order valence-corrected chi connectivity index (χ0v) is 13.2. The summed E-state index contributed by atoms with van der Waals surface area (Å²) in [7, 11) is -3.03. The third-order valence-electron chi connectivity index (χ3n) is 3.55. The number of piperazine rings is 1. The lowest BCUT2D eigenvalue weighted by atomic mass is 10.0. The van der Waals surface area contributed by atoms with Crippen LogP contribution in [0.15, 0.2) is 0 Å². The Kier molecular flexibility index (Phi) is 5.98. The molecule has 1 N–H and O–H groups in total. The fourth-order valence-electron chi connectivity index (χ4n) is 2.34. The fourth-order valence-corrected chi connectivity index (χ4v) is 3.20. The van der Waals surface area contributed by atoms with Crippen LogP contribution in [0, 0.1) is 0 Å². The van der Waals surface area contributed by atoms with E-state index in [1.165, 1.54) is 4.90 Å². The minimum Gasteiger partial charge on any atom is -0.343 e. The molecule has 1 fully saturated rings. The van der Waals surface area contributed by atoms with Gasteiger partial charge in [-0.25, -0.2) is 8.42 Å². The minimum atomic E-state index is -3.03. The number of nitrogens with zero attached hydrogens (tertiary/aromatic N) is 1. The smallest absolute Gasteiger partial charge is 0.245 e. The first-order valence-corrected chi connectivity index (χ1v) is 8.95. The van der Waals surface area contributed by atoms with Gasteiger partial charge in [0.2, 0.25) is 11.8 Å². The van der Waals surface area contributed by atoms with Crippen LogP contribution in [-0.2, 0) is 19.4 Å². The summed E-state index contributed by atoms with van der Waals surface area (Å²) in [5, 5.41) is 2.66. The van der Waals surface area contributed by atoms with Crippen LogP contribution in [0.4, 0.5) is 0 Å². The maximum atomic E-state index is 12.1. The topological polar surface area (TPSA) is 83.6 Å². The number of amides is 2. The predicted molar refractivity (Wildman–Crippen MR) is 77.0 cm³/mol. The average molecular weight is 304 g/mol. The second-order valence-corrected chi connectivity index (χ2v) is 7.63. The Morgan fingerprint density at radius 2 is 1.90 bits per heavy atom. The molecule has 0 saturated carbocycles. The van der Waals surface area contributed by atoms with Gasteiger partial charge in [0.15, 0.2) is 0 Å². The van der Waals surface area contributed by atoms with Gasteiger partial charge in [0.1, 0.15) is 21.9 Å². The molecule has 116 valence electrons. The molecule has 1 saturated heterocycles. The average Bonchev–Trinajstić information content (AvgIpc) is 2.39. The fraction of sp³-hybridized carbons (Fsp3) is 0.846. The van der Waals surface area contributed by atoms with Crippen LogP contribution in [0.25, 0.3) is 0 Å². The first-order chi connectivity index (χ1) is 9.32. The van der Waals surface area contributed by atoms with E-state index < -0.39 is 21.9 Å². The molecule has 2 unspecified atom stereocenters. The molecule has 6 nitrogen and oxygen atoms in total. The largest absolute Gasteiger partial charge is 0.343 e. The maximum Gasteiger partial charge on any atom is 0.245 e. The van der Waals surface area contributed by atoms with E-state index in [-0.39, 0.29) is 23.3 Å². The molecule has 1 aliphatic heterocycles. The van der Waals surface area contributed by atoms with Gasteiger partial charge >= 0.3 is 0 Å². The number of carbonyl (C=O) groups is 2. The molecule has 0 aliphatic carbocycles. The van der Waals surface area contributed by atoms with Crippen LogP contribution in [-0.4, -0.2) is 55.3 Å². The van der Waals surface area contributed by atoms with Crippen molar-refractivity contribution in [3.8, 4) is 0 Å². The molecule has 20 heavy (non-hydrogen) atoms. The lowest BCUT2D eigenvalue weighted by Gasteiger charge is -2.38. The summed E-state index contributed by atoms with van der Waals surface area (Å²) in [6.07, 6.45) is 1.77. The zero-order valence-electron chi connectivity index (χ0n) is 12.4. The molecule has 0 aromatic rings. The van der Waals surface area contributed by atoms with Crippen molar-refractivity contribution in [2.24, 2.45) is 0 Å². The van der Waals surface area contributed by atoms with E-state index in [1.54, 1.807) is 13.8 Å². The molecule has 1 rings (SSSR count). The van der Waals surface area contributed by atoms with Crippen LogP contribution in [0.2, 0.25) is 0 Å². The first kappa shape index (κ1) is 16.9.